The largest absolute Gasteiger partial charge is 0.481 e. The van der Waals surface area contributed by atoms with Crippen LogP contribution in [0.25, 0.3) is 0 Å². The van der Waals surface area contributed by atoms with Crippen LogP contribution in [-0.4, -0.2) is 54.2 Å². The van der Waals surface area contributed by atoms with Gasteiger partial charge in [-0.25, -0.2) is 4.79 Å². The van der Waals surface area contributed by atoms with Gasteiger partial charge in [-0.1, -0.05) is 6.92 Å². The molecule has 0 aromatic rings. The van der Waals surface area contributed by atoms with Crippen LogP contribution in [-0.2, 0) is 14.3 Å². The fourth-order valence-electron chi connectivity index (χ4n) is 2.59. The second-order valence-electron chi connectivity index (χ2n) is 5.87. The number of esters is 1. The molecule has 22 heavy (non-hydrogen) atoms. The van der Waals surface area contributed by atoms with Crippen LogP contribution >= 0.6 is 0 Å². The van der Waals surface area contributed by atoms with Crippen molar-refractivity contribution in [1.82, 2.24) is 10.2 Å². The number of rotatable bonds is 6. The van der Waals surface area contributed by atoms with E-state index in [9.17, 15) is 14.4 Å². The van der Waals surface area contributed by atoms with Crippen LogP contribution in [0.15, 0.2) is 0 Å². The predicted octanol–water partition coefficient (Wildman–Crippen LogP) is 1.47. The van der Waals surface area contributed by atoms with E-state index in [4.69, 9.17) is 9.84 Å². The average molecular weight is 314 g/mol. The first-order chi connectivity index (χ1) is 10.3. The molecule has 0 saturated heterocycles. The topological polar surface area (TPSA) is 95.9 Å². The molecule has 2 N–H and O–H groups in total. The molecular weight excluding hydrogens is 288 g/mol. The molecule has 1 unspecified atom stereocenters. The molecule has 7 nitrogen and oxygen atoms in total. The number of hydrogen-bond donors (Lipinski definition) is 2. The van der Waals surface area contributed by atoms with Crippen molar-refractivity contribution >= 4 is 18.0 Å². The van der Waals surface area contributed by atoms with Crippen molar-refractivity contribution in [1.29, 1.82) is 0 Å². The number of ether oxygens (including phenoxy) is 1. The van der Waals surface area contributed by atoms with E-state index in [1.165, 1.54) is 4.90 Å². The average Bonchev–Trinajstić information content (AvgIpc) is 2.47. The lowest BCUT2D eigenvalue weighted by Crippen LogP contribution is -2.46. The Labute approximate surface area is 131 Å². The summed E-state index contributed by atoms with van der Waals surface area (Å²) >= 11 is 0. The fourth-order valence-corrected chi connectivity index (χ4v) is 2.59. The summed E-state index contributed by atoms with van der Waals surface area (Å²) in [5.41, 5.74) is 0. The standard InChI is InChI=1S/C15H26N2O5/c1-4-22-14(20)11-5-7-12(8-6-11)16-15(21)17(3)9-10(2)13(18)19/h10-12H,4-9H2,1-3H3,(H,16,21)(H,18,19). The Morgan fingerprint density at radius 2 is 1.86 bits per heavy atom. The second-order valence-corrected chi connectivity index (χ2v) is 5.87. The van der Waals surface area contributed by atoms with Gasteiger partial charge >= 0.3 is 18.0 Å². The minimum absolute atomic E-state index is 0.0285. The lowest BCUT2D eigenvalue weighted by atomic mass is 9.86. The van der Waals surface area contributed by atoms with Crippen LogP contribution in [0, 0.1) is 11.8 Å². The number of carboxylic acid groups (broad SMARTS) is 1. The molecule has 1 aliphatic rings. The molecule has 0 aromatic heterocycles. The molecule has 7 heteroatoms. The molecule has 1 rings (SSSR count). The van der Waals surface area contributed by atoms with Crippen LogP contribution in [0.3, 0.4) is 0 Å². The number of nitrogens with zero attached hydrogens (tertiary/aromatic N) is 1. The summed E-state index contributed by atoms with van der Waals surface area (Å²) in [4.78, 5) is 35.8. The fraction of sp³-hybridized carbons (Fsp3) is 0.800. The van der Waals surface area contributed by atoms with Gasteiger partial charge in [0.25, 0.3) is 0 Å². The zero-order valence-corrected chi connectivity index (χ0v) is 13.5. The van der Waals surface area contributed by atoms with Crippen LogP contribution in [0.5, 0.6) is 0 Å². The number of nitrogens with one attached hydrogen (secondary N) is 1. The van der Waals surface area contributed by atoms with Gasteiger partial charge in [-0.15, -0.1) is 0 Å². The van der Waals surface area contributed by atoms with Crippen molar-refractivity contribution < 1.29 is 24.2 Å². The van der Waals surface area contributed by atoms with Crippen molar-refractivity contribution in [3.05, 3.63) is 0 Å². The Bertz CT molecular complexity index is 405. The van der Waals surface area contributed by atoms with Crippen LogP contribution in [0.1, 0.15) is 39.5 Å². The normalized spacial score (nSPS) is 22.5. The molecule has 0 heterocycles. The van der Waals surface area contributed by atoms with Crippen molar-refractivity contribution in [2.45, 2.75) is 45.6 Å². The predicted molar refractivity (Wildman–Crippen MR) is 80.3 cm³/mol. The van der Waals surface area contributed by atoms with Crippen LogP contribution in [0.2, 0.25) is 0 Å². The second kappa shape index (κ2) is 8.60. The summed E-state index contributed by atoms with van der Waals surface area (Å²) in [7, 11) is 1.58. The molecule has 2 amide bonds. The summed E-state index contributed by atoms with van der Waals surface area (Å²) < 4.78 is 5.01. The highest BCUT2D eigenvalue weighted by molar-refractivity contribution is 5.76. The number of aliphatic carboxylic acids is 1. The molecule has 0 spiro atoms. The number of hydrogen-bond acceptors (Lipinski definition) is 4. The summed E-state index contributed by atoms with van der Waals surface area (Å²) in [5.74, 6) is -1.75. The van der Waals surface area contributed by atoms with E-state index in [-0.39, 0.29) is 30.5 Å². The first-order valence-electron chi connectivity index (χ1n) is 7.76. The maximum absolute atomic E-state index is 12.0. The van der Waals surface area contributed by atoms with Crippen molar-refractivity contribution in [3.8, 4) is 0 Å². The van der Waals surface area contributed by atoms with Gasteiger partial charge in [0.15, 0.2) is 0 Å². The highest BCUT2D eigenvalue weighted by atomic mass is 16.5. The number of carbonyl (C=O) groups is 3. The quantitative estimate of drug-likeness (QED) is 0.724. The zero-order valence-electron chi connectivity index (χ0n) is 13.5. The number of carboxylic acids is 1. The van der Waals surface area contributed by atoms with E-state index in [1.807, 2.05) is 0 Å². The highest BCUT2D eigenvalue weighted by Crippen LogP contribution is 2.25. The van der Waals surface area contributed by atoms with Crippen molar-refractivity contribution in [2.24, 2.45) is 11.8 Å². The summed E-state index contributed by atoms with van der Waals surface area (Å²) in [5, 5.41) is 11.8. The van der Waals surface area contributed by atoms with Gasteiger partial charge in [-0.05, 0) is 32.6 Å². The first kappa shape index (κ1) is 18.3. The monoisotopic (exact) mass is 314 g/mol. The lowest BCUT2D eigenvalue weighted by molar-refractivity contribution is -0.149. The van der Waals surface area contributed by atoms with E-state index >= 15 is 0 Å². The Morgan fingerprint density at radius 1 is 1.27 bits per heavy atom. The van der Waals surface area contributed by atoms with Gasteiger partial charge in [0.2, 0.25) is 0 Å². The maximum Gasteiger partial charge on any atom is 0.317 e. The van der Waals surface area contributed by atoms with Crippen molar-refractivity contribution in [3.63, 3.8) is 0 Å². The minimum atomic E-state index is -0.922. The van der Waals surface area contributed by atoms with Crippen molar-refractivity contribution in [2.75, 3.05) is 20.2 Å². The molecule has 0 aromatic carbocycles. The molecule has 1 saturated carbocycles. The van der Waals surface area contributed by atoms with Gasteiger partial charge in [0.1, 0.15) is 0 Å². The Morgan fingerprint density at radius 3 is 2.36 bits per heavy atom. The van der Waals surface area contributed by atoms with E-state index in [0.29, 0.717) is 19.4 Å². The smallest absolute Gasteiger partial charge is 0.317 e. The molecular formula is C15H26N2O5. The SMILES string of the molecule is CCOC(=O)C1CCC(NC(=O)N(C)CC(C)C(=O)O)CC1. The Balaban J connectivity index is 2.35. The molecule has 1 atom stereocenters. The van der Waals surface area contributed by atoms with Gasteiger partial charge in [-0.3, -0.25) is 9.59 Å². The van der Waals surface area contributed by atoms with Gasteiger partial charge < -0.3 is 20.1 Å². The van der Waals surface area contributed by atoms with Gasteiger partial charge in [0.05, 0.1) is 18.4 Å². The molecule has 0 aliphatic heterocycles. The Hall–Kier alpha value is -1.79. The number of amides is 2. The molecule has 126 valence electrons. The molecule has 1 aliphatic carbocycles. The summed E-state index contributed by atoms with van der Waals surface area (Å²) in [6.45, 7) is 3.91. The third-order valence-electron chi connectivity index (χ3n) is 3.99. The third-order valence-corrected chi connectivity index (χ3v) is 3.99. The summed E-state index contributed by atoms with van der Waals surface area (Å²) in [6.07, 6.45) is 2.88. The molecule has 0 bridgehead atoms. The number of carbonyl (C=O) groups excluding carboxylic acids is 2. The molecule has 0 radical (unpaired) electrons. The van der Waals surface area contributed by atoms with Gasteiger partial charge in [-0.2, -0.15) is 0 Å². The van der Waals surface area contributed by atoms with Gasteiger partial charge in [0, 0.05) is 19.6 Å². The number of urea groups is 1. The van der Waals surface area contributed by atoms with E-state index in [2.05, 4.69) is 5.32 Å². The third kappa shape index (κ3) is 5.54. The maximum atomic E-state index is 12.0. The highest BCUT2D eigenvalue weighted by Gasteiger charge is 2.28. The summed E-state index contributed by atoms with van der Waals surface area (Å²) in [6, 6.07) is -0.242. The Kier molecular flexibility index (Phi) is 7.14. The van der Waals surface area contributed by atoms with Crippen LogP contribution < -0.4 is 5.32 Å². The van der Waals surface area contributed by atoms with E-state index < -0.39 is 11.9 Å². The first-order valence-corrected chi connectivity index (χ1v) is 7.76. The molecule has 1 fully saturated rings. The zero-order chi connectivity index (χ0) is 16.7. The minimum Gasteiger partial charge on any atom is -0.481 e. The lowest BCUT2D eigenvalue weighted by Gasteiger charge is -2.29. The van der Waals surface area contributed by atoms with Crippen LogP contribution in [0.4, 0.5) is 4.79 Å². The van der Waals surface area contributed by atoms with E-state index in [1.54, 1.807) is 20.9 Å². The van der Waals surface area contributed by atoms with E-state index in [0.717, 1.165) is 12.8 Å².